The van der Waals surface area contributed by atoms with Gasteiger partial charge in [0.05, 0.1) is 17.2 Å². The van der Waals surface area contributed by atoms with Gasteiger partial charge in [0.2, 0.25) is 5.91 Å². The van der Waals surface area contributed by atoms with Crippen LogP contribution in [0.25, 0.3) is 10.9 Å². The zero-order valence-electron chi connectivity index (χ0n) is 13.9. The molecule has 0 radical (unpaired) electrons. The number of β-amino-alcohol motifs (C(OH)–C–C–N with tert-alkyl or cyclic N) is 1. The smallest absolute Gasteiger partial charge is 0.242 e. The predicted molar refractivity (Wildman–Crippen MR) is 90.8 cm³/mol. The van der Waals surface area contributed by atoms with Crippen LogP contribution < -0.4 is 5.43 Å². The van der Waals surface area contributed by atoms with Gasteiger partial charge >= 0.3 is 0 Å². The molecule has 1 aliphatic heterocycles. The minimum absolute atomic E-state index is 0.0590. The maximum Gasteiger partial charge on any atom is 0.242 e. The van der Waals surface area contributed by atoms with E-state index in [2.05, 4.69) is 0 Å². The topological polar surface area (TPSA) is 82.8 Å². The number of nitrogens with zero attached hydrogens (tertiary/aromatic N) is 2. The van der Waals surface area contributed by atoms with E-state index in [9.17, 15) is 19.8 Å². The number of carbonyl (C=O) groups excluding carboxylic acids is 1. The monoisotopic (exact) mass is 330 g/mol. The van der Waals surface area contributed by atoms with Crippen molar-refractivity contribution in [1.29, 1.82) is 0 Å². The number of pyridine rings is 1. The van der Waals surface area contributed by atoms with Crippen molar-refractivity contribution in [3.8, 4) is 0 Å². The number of carbonyl (C=O) groups is 1. The Morgan fingerprint density at radius 3 is 2.79 bits per heavy atom. The summed E-state index contributed by atoms with van der Waals surface area (Å²) in [5.41, 5.74) is 0.227. The van der Waals surface area contributed by atoms with Gasteiger partial charge in [-0.1, -0.05) is 12.1 Å². The minimum Gasteiger partial charge on any atom is -0.388 e. The van der Waals surface area contributed by atoms with E-state index in [1.54, 1.807) is 30.9 Å². The largest absolute Gasteiger partial charge is 0.388 e. The van der Waals surface area contributed by atoms with Crippen molar-refractivity contribution >= 4 is 16.8 Å². The highest BCUT2D eigenvalue weighted by Crippen LogP contribution is 2.22. The van der Waals surface area contributed by atoms with Crippen LogP contribution in [0, 0.1) is 6.92 Å². The number of benzene rings is 1. The highest BCUT2D eigenvalue weighted by Gasteiger charge is 2.37. The van der Waals surface area contributed by atoms with Crippen molar-refractivity contribution < 1.29 is 15.0 Å². The summed E-state index contributed by atoms with van der Waals surface area (Å²) in [5, 5.41) is 20.6. The molecule has 1 aliphatic rings. The fourth-order valence-corrected chi connectivity index (χ4v) is 3.15. The van der Waals surface area contributed by atoms with Gasteiger partial charge in [-0.2, -0.15) is 0 Å². The summed E-state index contributed by atoms with van der Waals surface area (Å²) < 4.78 is 1.82. The molecule has 0 unspecified atom stereocenters. The molecule has 24 heavy (non-hydrogen) atoms. The summed E-state index contributed by atoms with van der Waals surface area (Å²) in [6, 6.07) is 8.75. The molecule has 0 spiro atoms. The molecule has 128 valence electrons. The molecule has 2 N–H and O–H groups in total. The maximum atomic E-state index is 12.6. The summed E-state index contributed by atoms with van der Waals surface area (Å²) in [6.07, 6.45) is -0.619. The number of aliphatic hydroxyl groups is 2. The van der Waals surface area contributed by atoms with E-state index in [-0.39, 0.29) is 24.4 Å². The van der Waals surface area contributed by atoms with Crippen molar-refractivity contribution in [2.45, 2.75) is 38.5 Å². The maximum absolute atomic E-state index is 12.6. The SMILES string of the molecule is Cc1cc(=O)c2ccccc2n1CC(=O)N1CC[C@](C)(O)[C@H](O)C1. The van der Waals surface area contributed by atoms with E-state index in [1.807, 2.05) is 16.7 Å². The molecule has 1 aromatic heterocycles. The fourth-order valence-electron chi connectivity index (χ4n) is 3.15. The van der Waals surface area contributed by atoms with Gasteiger partial charge < -0.3 is 19.7 Å². The number of hydrogen-bond acceptors (Lipinski definition) is 4. The molecule has 2 heterocycles. The van der Waals surface area contributed by atoms with Crippen LogP contribution in [0.2, 0.25) is 0 Å². The Hall–Kier alpha value is -2.18. The molecule has 2 aromatic rings. The van der Waals surface area contributed by atoms with Crippen molar-refractivity contribution in [3.63, 3.8) is 0 Å². The molecule has 6 nitrogen and oxygen atoms in total. The van der Waals surface area contributed by atoms with Crippen LogP contribution in [0.15, 0.2) is 35.1 Å². The zero-order valence-corrected chi connectivity index (χ0v) is 13.9. The Balaban J connectivity index is 1.88. The first-order valence-electron chi connectivity index (χ1n) is 8.07. The fraction of sp³-hybridized carbons (Fsp3) is 0.444. The lowest BCUT2D eigenvalue weighted by atomic mass is 9.91. The summed E-state index contributed by atoms with van der Waals surface area (Å²) in [6.45, 7) is 4.00. The van der Waals surface area contributed by atoms with Gasteiger partial charge in [-0.15, -0.1) is 0 Å². The summed E-state index contributed by atoms with van der Waals surface area (Å²) >= 11 is 0. The predicted octanol–water partition coefficient (Wildman–Crippen LogP) is 0.654. The molecule has 1 fully saturated rings. The van der Waals surface area contributed by atoms with Gasteiger partial charge in [-0.05, 0) is 32.4 Å². The van der Waals surface area contributed by atoms with E-state index < -0.39 is 11.7 Å². The van der Waals surface area contributed by atoms with Crippen LogP contribution in [-0.2, 0) is 11.3 Å². The van der Waals surface area contributed by atoms with Crippen LogP contribution in [0.5, 0.6) is 0 Å². The van der Waals surface area contributed by atoms with Gasteiger partial charge in [0, 0.05) is 30.2 Å². The Bertz CT molecular complexity index is 841. The highest BCUT2D eigenvalue weighted by atomic mass is 16.3. The second-order valence-electron chi connectivity index (χ2n) is 6.72. The third kappa shape index (κ3) is 2.95. The van der Waals surface area contributed by atoms with Crippen molar-refractivity contribution in [1.82, 2.24) is 9.47 Å². The Morgan fingerprint density at radius 1 is 1.38 bits per heavy atom. The Morgan fingerprint density at radius 2 is 2.08 bits per heavy atom. The van der Waals surface area contributed by atoms with E-state index in [0.717, 1.165) is 11.2 Å². The highest BCUT2D eigenvalue weighted by molar-refractivity contribution is 5.82. The molecule has 1 saturated heterocycles. The van der Waals surface area contributed by atoms with Gasteiger partial charge in [0.15, 0.2) is 5.43 Å². The number of fused-ring (bicyclic) bond motifs is 1. The van der Waals surface area contributed by atoms with E-state index in [4.69, 9.17) is 0 Å². The van der Waals surface area contributed by atoms with Crippen LogP contribution in [0.4, 0.5) is 0 Å². The van der Waals surface area contributed by atoms with Gasteiger partial charge in [0.25, 0.3) is 0 Å². The minimum atomic E-state index is -1.16. The standard InChI is InChI=1S/C18H22N2O4/c1-12-9-15(21)13-5-3-4-6-14(13)20(12)11-17(23)19-8-7-18(2,24)16(22)10-19/h3-6,9,16,22,24H,7-8,10-11H2,1-2H3/t16-,18+/m1/s1. The summed E-state index contributed by atoms with van der Waals surface area (Å²) in [4.78, 5) is 26.3. The average Bonchev–Trinajstić information content (AvgIpc) is 2.54. The second kappa shape index (κ2) is 6.03. The van der Waals surface area contributed by atoms with Crippen LogP contribution in [0.1, 0.15) is 19.0 Å². The molecular weight excluding hydrogens is 308 g/mol. The number of hydrogen-bond donors (Lipinski definition) is 2. The molecule has 6 heteroatoms. The van der Waals surface area contributed by atoms with Gasteiger partial charge in [0.1, 0.15) is 6.54 Å². The number of rotatable bonds is 2. The van der Waals surface area contributed by atoms with Crippen LogP contribution >= 0.6 is 0 Å². The molecule has 3 rings (SSSR count). The molecule has 1 aromatic carbocycles. The molecule has 0 bridgehead atoms. The van der Waals surface area contributed by atoms with Crippen LogP contribution in [-0.4, -0.2) is 50.4 Å². The number of aliphatic hydroxyl groups excluding tert-OH is 1. The Kier molecular flexibility index (Phi) is 4.19. The summed E-state index contributed by atoms with van der Waals surface area (Å²) in [7, 11) is 0. The van der Waals surface area contributed by atoms with E-state index in [0.29, 0.717) is 18.4 Å². The lowest BCUT2D eigenvalue weighted by Crippen LogP contribution is -2.55. The lowest BCUT2D eigenvalue weighted by molar-refractivity contribution is -0.146. The first kappa shape index (κ1) is 16.7. The Labute approximate surface area is 139 Å². The quantitative estimate of drug-likeness (QED) is 0.847. The number of para-hydroxylation sites is 1. The number of aromatic nitrogens is 1. The third-order valence-electron chi connectivity index (χ3n) is 4.87. The zero-order chi connectivity index (χ0) is 17.5. The van der Waals surface area contributed by atoms with Gasteiger partial charge in [-0.25, -0.2) is 0 Å². The molecule has 0 saturated carbocycles. The summed E-state index contributed by atoms with van der Waals surface area (Å²) in [5.74, 6) is -0.138. The normalized spacial score (nSPS) is 24.3. The average molecular weight is 330 g/mol. The van der Waals surface area contributed by atoms with Crippen molar-refractivity contribution in [3.05, 3.63) is 46.2 Å². The van der Waals surface area contributed by atoms with Gasteiger partial charge in [-0.3, -0.25) is 9.59 Å². The number of aryl methyl sites for hydroxylation is 1. The van der Waals surface area contributed by atoms with E-state index >= 15 is 0 Å². The third-order valence-corrected chi connectivity index (χ3v) is 4.87. The van der Waals surface area contributed by atoms with Crippen LogP contribution in [0.3, 0.4) is 0 Å². The molecular formula is C18H22N2O4. The van der Waals surface area contributed by atoms with Crippen molar-refractivity contribution in [2.75, 3.05) is 13.1 Å². The number of likely N-dealkylation sites (tertiary alicyclic amines) is 1. The molecule has 2 atom stereocenters. The molecule has 0 aliphatic carbocycles. The number of amides is 1. The second-order valence-corrected chi connectivity index (χ2v) is 6.72. The number of piperidine rings is 1. The van der Waals surface area contributed by atoms with Crippen molar-refractivity contribution in [2.24, 2.45) is 0 Å². The first-order chi connectivity index (χ1) is 11.3. The van der Waals surface area contributed by atoms with E-state index in [1.165, 1.54) is 6.07 Å². The lowest BCUT2D eigenvalue weighted by Gasteiger charge is -2.40. The first-order valence-corrected chi connectivity index (χ1v) is 8.07. The molecule has 1 amide bonds.